The smallest absolute Gasteiger partial charge is 0.227 e. The fourth-order valence-electron chi connectivity index (χ4n) is 2.63. The van der Waals surface area contributed by atoms with E-state index in [0.29, 0.717) is 0 Å². The van der Waals surface area contributed by atoms with Crippen molar-refractivity contribution in [2.24, 2.45) is 5.41 Å². The third-order valence-electron chi connectivity index (χ3n) is 3.93. The third-order valence-corrected chi connectivity index (χ3v) is 3.93. The monoisotopic (exact) mass is 255 g/mol. The average Bonchev–Trinajstić information content (AvgIpc) is 2.78. The van der Waals surface area contributed by atoms with Gasteiger partial charge >= 0.3 is 0 Å². The van der Waals surface area contributed by atoms with Crippen LogP contribution < -0.4 is 10.6 Å². The summed E-state index contributed by atoms with van der Waals surface area (Å²) >= 11 is 0. The molecule has 104 valence electrons. The molecule has 2 aliphatic rings. The van der Waals surface area contributed by atoms with Gasteiger partial charge < -0.3 is 15.4 Å². The number of morpholine rings is 1. The average molecular weight is 255 g/mol. The Balaban J connectivity index is 1.76. The van der Waals surface area contributed by atoms with Gasteiger partial charge in [-0.05, 0) is 26.8 Å². The van der Waals surface area contributed by atoms with Gasteiger partial charge in [-0.1, -0.05) is 0 Å². The summed E-state index contributed by atoms with van der Waals surface area (Å²) in [4.78, 5) is 14.6. The molecule has 1 amide bonds. The molecule has 5 nitrogen and oxygen atoms in total. The minimum atomic E-state index is -0.223. The van der Waals surface area contributed by atoms with E-state index in [-0.39, 0.29) is 17.4 Å². The van der Waals surface area contributed by atoms with Crippen molar-refractivity contribution in [1.82, 2.24) is 15.5 Å². The fraction of sp³-hybridized carbons (Fsp3) is 0.923. The highest BCUT2D eigenvalue weighted by atomic mass is 16.5. The number of amides is 1. The van der Waals surface area contributed by atoms with E-state index in [0.717, 1.165) is 52.4 Å². The molecular formula is C13H25N3O2. The standard InChI is InChI=1S/C13H25N3O2/c1-11(9-16-5-7-18-8-6-16)15-12(17)13(2)3-4-14-10-13/h11,14H,3-10H2,1-2H3,(H,15,17). The Morgan fingerprint density at radius 1 is 1.50 bits per heavy atom. The maximum atomic E-state index is 12.2. The number of nitrogens with one attached hydrogen (secondary N) is 2. The van der Waals surface area contributed by atoms with E-state index in [4.69, 9.17) is 4.74 Å². The van der Waals surface area contributed by atoms with E-state index in [1.807, 2.05) is 6.92 Å². The Hall–Kier alpha value is -0.650. The second kappa shape index (κ2) is 5.99. The van der Waals surface area contributed by atoms with Gasteiger partial charge in [-0.2, -0.15) is 0 Å². The van der Waals surface area contributed by atoms with Crippen LogP contribution in [0.3, 0.4) is 0 Å². The van der Waals surface area contributed by atoms with Gasteiger partial charge in [0.2, 0.25) is 5.91 Å². The maximum absolute atomic E-state index is 12.2. The Labute approximate surface area is 109 Å². The summed E-state index contributed by atoms with van der Waals surface area (Å²) in [7, 11) is 0. The van der Waals surface area contributed by atoms with Crippen LogP contribution in [0.2, 0.25) is 0 Å². The van der Waals surface area contributed by atoms with Gasteiger partial charge in [0, 0.05) is 32.2 Å². The first-order chi connectivity index (χ1) is 8.60. The molecular weight excluding hydrogens is 230 g/mol. The lowest BCUT2D eigenvalue weighted by molar-refractivity contribution is -0.130. The zero-order valence-corrected chi connectivity index (χ0v) is 11.5. The summed E-state index contributed by atoms with van der Waals surface area (Å²) < 4.78 is 5.32. The van der Waals surface area contributed by atoms with E-state index in [1.54, 1.807) is 0 Å². The lowest BCUT2D eigenvalue weighted by Gasteiger charge is -2.31. The summed E-state index contributed by atoms with van der Waals surface area (Å²) in [6.07, 6.45) is 0.934. The van der Waals surface area contributed by atoms with Crippen LogP contribution in [0, 0.1) is 5.41 Å². The summed E-state index contributed by atoms with van der Waals surface area (Å²) in [6.45, 7) is 10.3. The Kier molecular flexibility index (Phi) is 4.59. The van der Waals surface area contributed by atoms with Gasteiger partial charge in [-0.3, -0.25) is 9.69 Å². The molecule has 2 heterocycles. The Morgan fingerprint density at radius 3 is 2.83 bits per heavy atom. The van der Waals surface area contributed by atoms with E-state index in [9.17, 15) is 4.79 Å². The zero-order chi connectivity index (χ0) is 13.0. The second-order valence-electron chi connectivity index (χ2n) is 5.77. The van der Waals surface area contributed by atoms with Crippen LogP contribution in [-0.4, -0.2) is 62.8 Å². The van der Waals surface area contributed by atoms with Crippen molar-refractivity contribution in [1.29, 1.82) is 0 Å². The van der Waals surface area contributed by atoms with E-state index in [1.165, 1.54) is 0 Å². The summed E-state index contributed by atoms with van der Waals surface area (Å²) in [5.41, 5.74) is -0.223. The molecule has 0 radical (unpaired) electrons. The summed E-state index contributed by atoms with van der Waals surface area (Å²) in [5.74, 6) is 0.188. The molecule has 0 aromatic carbocycles. The van der Waals surface area contributed by atoms with Gasteiger partial charge in [-0.15, -0.1) is 0 Å². The number of carbonyl (C=O) groups excluding carboxylic acids is 1. The Bertz CT molecular complexity index is 284. The van der Waals surface area contributed by atoms with Crippen molar-refractivity contribution in [2.75, 3.05) is 45.9 Å². The molecule has 2 unspecified atom stereocenters. The predicted molar refractivity (Wildman–Crippen MR) is 70.5 cm³/mol. The number of rotatable bonds is 4. The number of hydrogen-bond acceptors (Lipinski definition) is 4. The number of hydrogen-bond donors (Lipinski definition) is 2. The second-order valence-corrected chi connectivity index (χ2v) is 5.77. The van der Waals surface area contributed by atoms with E-state index in [2.05, 4.69) is 22.5 Å². The number of ether oxygens (including phenoxy) is 1. The lowest BCUT2D eigenvalue weighted by Crippen LogP contribution is -2.50. The van der Waals surface area contributed by atoms with Crippen molar-refractivity contribution >= 4 is 5.91 Å². The van der Waals surface area contributed by atoms with Crippen LogP contribution in [0.4, 0.5) is 0 Å². The van der Waals surface area contributed by atoms with E-state index < -0.39 is 0 Å². The molecule has 18 heavy (non-hydrogen) atoms. The highest BCUT2D eigenvalue weighted by molar-refractivity contribution is 5.83. The quantitative estimate of drug-likeness (QED) is 0.732. The zero-order valence-electron chi connectivity index (χ0n) is 11.5. The largest absolute Gasteiger partial charge is 0.379 e. The van der Waals surface area contributed by atoms with Crippen LogP contribution in [0.25, 0.3) is 0 Å². The third kappa shape index (κ3) is 3.43. The van der Waals surface area contributed by atoms with Crippen LogP contribution in [0.15, 0.2) is 0 Å². The number of nitrogens with zero attached hydrogens (tertiary/aromatic N) is 1. The molecule has 5 heteroatoms. The van der Waals surface area contributed by atoms with Gasteiger partial charge in [0.1, 0.15) is 0 Å². The van der Waals surface area contributed by atoms with Gasteiger partial charge in [0.25, 0.3) is 0 Å². The first-order valence-electron chi connectivity index (χ1n) is 6.92. The first kappa shape index (κ1) is 13.8. The summed E-state index contributed by atoms with van der Waals surface area (Å²) in [6, 6.07) is 0.202. The minimum Gasteiger partial charge on any atom is -0.379 e. The van der Waals surface area contributed by atoms with Crippen LogP contribution in [0.5, 0.6) is 0 Å². The molecule has 2 N–H and O–H groups in total. The van der Waals surface area contributed by atoms with Crippen LogP contribution in [-0.2, 0) is 9.53 Å². The molecule has 0 bridgehead atoms. The highest BCUT2D eigenvalue weighted by Crippen LogP contribution is 2.24. The van der Waals surface area contributed by atoms with Gasteiger partial charge in [0.15, 0.2) is 0 Å². The molecule has 0 aliphatic carbocycles. The molecule has 2 saturated heterocycles. The van der Waals surface area contributed by atoms with Crippen molar-refractivity contribution in [2.45, 2.75) is 26.3 Å². The molecule has 0 aromatic heterocycles. The number of carbonyl (C=O) groups is 1. The highest BCUT2D eigenvalue weighted by Gasteiger charge is 2.36. The first-order valence-corrected chi connectivity index (χ1v) is 6.92. The topological polar surface area (TPSA) is 53.6 Å². The van der Waals surface area contributed by atoms with Crippen molar-refractivity contribution in [3.8, 4) is 0 Å². The molecule has 2 atom stereocenters. The SMILES string of the molecule is CC(CN1CCOCC1)NC(=O)C1(C)CCNC1. The van der Waals surface area contributed by atoms with Gasteiger partial charge in [0.05, 0.1) is 18.6 Å². The summed E-state index contributed by atoms with van der Waals surface area (Å²) in [5, 5.41) is 6.41. The molecule has 0 aromatic rings. The molecule has 2 rings (SSSR count). The van der Waals surface area contributed by atoms with Crippen molar-refractivity contribution in [3.05, 3.63) is 0 Å². The van der Waals surface area contributed by atoms with Crippen molar-refractivity contribution in [3.63, 3.8) is 0 Å². The lowest BCUT2D eigenvalue weighted by atomic mass is 9.88. The molecule has 2 aliphatic heterocycles. The van der Waals surface area contributed by atoms with Crippen LogP contribution >= 0.6 is 0 Å². The normalized spacial score (nSPS) is 31.2. The van der Waals surface area contributed by atoms with E-state index >= 15 is 0 Å². The van der Waals surface area contributed by atoms with Crippen molar-refractivity contribution < 1.29 is 9.53 Å². The minimum absolute atomic E-state index is 0.188. The molecule has 0 saturated carbocycles. The molecule has 2 fully saturated rings. The molecule has 0 spiro atoms. The fourth-order valence-corrected chi connectivity index (χ4v) is 2.63. The Morgan fingerprint density at radius 2 is 2.22 bits per heavy atom. The van der Waals surface area contributed by atoms with Crippen LogP contribution in [0.1, 0.15) is 20.3 Å². The predicted octanol–water partition coefficient (Wildman–Crippen LogP) is -0.177. The maximum Gasteiger partial charge on any atom is 0.227 e. The van der Waals surface area contributed by atoms with Gasteiger partial charge in [-0.25, -0.2) is 0 Å².